The Bertz CT molecular complexity index is 1380. The van der Waals surface area contributed by atoms with Gasteiger partial charge in [-0.2, -0.15) is 0 Å². The summed E-state index contributed by atoms with van der Waals surface area (Å²) in [5, 5.41) is 9.40. The van der Waals surface area contributed by atoms with Crippen LogP contribution in [0, 0.1) is 5.41 Å². The molecule has 4 aromatic rings. The Labute approximate surface area is 233 Å². The topological polar surface area (TPSA) is 61.4 Å². The average Bonchev–Trinajstić information content (AvgIpc) is 2.93. The van der Waals surface area contributed by atoms with E-state index in [2.05, 4.69) is 34.9 Å². The molecule has 0 heterocycles. The van der Waals surface area contributed by atoms with Crippen molar-refractivity contribution in [3.8, 4) is 0 Å². The van der Waals surface area contributed by atoms with Gasteiger partial charge in [0, 0.05) is 19.7 Å². The van der Waals surface area contributed by atoms with Crippen LogP contribution in [0.3, 0.4) is 0 Å². The first-order valence-electron chi connectivity index (χ1n) is 13.0. The van der Waals surface area contributed by atoms with Crippen LogP contribution in [0.4, 0.5) is 11.4 Å². The van der Waals surface area contributed by atoms with Gasteiger partial charge in [-0.1, -0.05) is 112 Å². The van der Waals surface area contributed by atoms with Gasteiger partial charge in [0.25, 0.3) is 5.91 Å². The fraction of sp³-hybridized carbons (Fsp3) is 0.212. The maximum absolute atomic E-state index is 13.9. The summed E-state index contributed by atoms with van der Waals surface area (Å²) >= 11 is 0. The fourth-order valence-corrected chi connectivity index (χ4v) is 6.95. The SMILES string of the molecule is CN(C)c1ccccc1NC(=O)[C@@H](NC(=O)c1ccccc1P(c1ccccc1)c1ccccc1)C(C)(C)C. The van der Waals surface area contributed by atoms with Crippen LogP contribution >= 0.6 is 7.92 Å². The van der Waals surface area contributed by atoms with E-state index in [4.69, 9.17) is 0 Å². The van der Waals surface area contributed by atoms with E-state index < -0.39 is 19.4 Å². The van der Waals surface area contributed by atoms with Crippen molar-refractivity contribution in [2.45, 2.75) is 26.8 Å². The maximum atomic E-state index is 13.9. The molecule has 0 spiro atoms. The summed E-state index contributed by atoms with van der Waals surface area (Å²) in [6.07, 6.45) is 0. The number of amides is 2. The molecule has 6 heteroatoms. The first kappa shape index (κ1) is 28.1. The number of hydrogen-bond donors (Lipinski definition) is 2. The summed E-state index contributed by atoms with van der Waals surface area (Å²) < 4.78 is 0. The highest BCUT2D eigenvalue weighted by Gasteiger charge is 2.34. The molecule has 0 bridgehead atoms. The van der Waals surface area contributed by atoms with Crippen molar-refractivity contribution < 1.29 is 9.59 Å². The predicted octanol–water partition coefficient (Wildman–Crippen LogP) is 5.29. The zero-order valence-electron chi connectivity index (χ0n) is 23.2. The van der Waals surface area contributed by atoms with Gasteiger partial charge in [-0.05, 0) is 47.4 Å². The third kappa shape index (κ3) is 6.74. The zero-order chi connectivity index (χ0) is 28.0. The van der Waals surface area contributed by atoms with E-state index in [9.17, 15) is 9.59 Å². The minimum absolute atomic E-state index is 0.254. The molecular weight excluding hydrogens is 501 g/mol. The van der Waals surface area contributed by atoms with Crippen LogP contribution in [0.25, 0.3) is 0 Å². The van der Waals surface area contributed by atoms with Crippen LogP contribution in [0.15, 0.2) is 109 Å². The summed E-state index contributed by atoms with van der Waals surface area (Å²) in [5.41, 5.74) is 1.65. The molecule has 0 aliphatic heterocycles. The second-order valence-electron chi connectivity index (χ2n) is 10.7. The molecule has 0 radical (unpaired) electrons. The highest BCUT2D eigenvalue weighted by molar-refractivity contribution is 7.80. The third-order valence-corrected chi connectivity index (χ3v) is 8.97. The number of rotatable bonds is 8. The number of nitrogens with zero attached hydrogens (tertiary/aromatic N) is 1. The van der Waals surface area contributed by atoms with E-state index >= 15 is 0 Å². The highest BCUT2D eigenvalue weighted by atomic mass is 31.1. The molecule has 0 unspecified atom stereocenters. The van der Waals surface area contributed by atoms with Crippen LogP contribution in [0.5, 0.6) is 0 Å². The maximum Gasteiger partial charge on any atom is 0.252 e. The van der Waals surface area contributed by atoms with Crippen molar-refractivity contribution in [2.24, 2.45) is 5.41 Å². The summed E-state index contributed by atoms with van der Waals surface area (Å²) in [5.74, 6) is -0.517. The monoisotopic (exact) mass is 537 g/mol. The molecule has 200 valence electrons. The van der Waals surface area contributed by atoms with Crippen molar-refractivity contribution in [1.82, 2.24) is 5.32 Å². The molecule has 1 atom stereocenters. The lowest BCUT2D eigenvalue weighted by Crippen LogP contribution is -2.52. The fourth-order valence-electron chi connectivity index (χ4n) is 4.50. The summed E-state index contributed by atoms with van der Waals surface area (Å²) in [7, 11) is 2.88. The Kier molecular flexibility index (Phi) is 8.83. The smallest absolute Gasteiger partial charge is 0.252 e. The lowest BCUT2D eigenvalue weighted by molar-refractivity contribution is -0.120. The second kappa shape index (κ2) is 12.3. The molecular formula is C33H36N3O2P. The molecule has 2 N–H and O–H groups in total. The van der Waals surface area contributed by atoms with Crippen LogP contribution < -0.4 is 31.4 Å². The molecule has 2 amide bonds. The van der Waals surface area contributed by atoms with E-state index in [1.807, 2.05) is 125 Å². The van der Waals surface area contributed by atoms with Gasteiger partial charge in [-0.15, -0.1) is 0 Å². The van der Waals surface area contributed by atoms with Gasteiger partial charge >= 0.3 is 0 Å². The Morgan fingerprint density at radius 2 is 1.23 bits per heavy atom. The van der Waals surface area contributed by atoms with Crippen molar-refractivity contribution >= 4 is 47.0 Å². The molecule has 0 saturated carbocycles. The molecule has 0 fully saturated rings. The first-order valence-corrected chi connectivity index (χ1v) is 14.4. The molecule has 0 aliphatic carbocycles. The van der Waals surface area contributed by atoms with Gasteiger partial charge in [0.2, 0.25) is 5.91 Å². The van der Waals surface area contributed by atoms with Gasteiger partial charge in [-0.3, -0.25) is 9.59 Å². The zero-order valence-corrected chi connectivity index (χ0v) is 24.1. The molecule has 5 nitrogen and oxygen atoms in total. The number of para-hydroxylation sites is 2. The van der Waals surface area contributed by atoms with E-state index in [1.54, 1.807) is 0 Å². The van der Waals surface area contributed by atoms with Gasteiger partial charge in [0.15, 0.2) is 0 Å². The van der Waals surface area contributed by atoms with E-state index in [0.29, 0.717) is 11.3 Å². The highest BCUT2D eigenvalue weighted by Crippen LogP contribution is 2.34. The predicted molar refractivity (Wildman–Crippen MR) is 165 cm³/mol. The molecule has 39 heavy (non-hydrogen) atoms. The molecule has 4 rings (SSSR count). The first-order chi connectivity index (χ1) is 18.7. The largest absolute Gasteiger partial charge is 0.376 e. The number of carbonyl (C=O) groups is 2. The normalized spacial score (nSPS) is 12.1. The minimum Gasteiger partial charge on any atom is -0.376 e. The summed E-state index contributed by atoms with van der Waals surface area (Å²) in [6.45, 7) is 5.88. The van der Waals surface area contributed by atoms with E-state index in [0.717, 1.165) is 21.6 Å². The Morgan fingerprint density at radius 1 is 0.718 bits per heavy atom. The number of anilines is 2. The van der Waals surface area contributed by atoms with Crippen molar-refractivity contribution in [1.29, 1.82) is 0 Å². The van der Waals surface area contributed by atoms with Crippen LogP contribution in [0.1, 0.15) is 31.1 Å². The standard InChI is InChI=1S/C33H36N3O2P/c1-33(2,3)30(32(38)34-27-21-13-14-22-28(27)36(4)5)35-31(37)26-20-12-15-23-29(26)39(24-16-8-6-9-17-24)25-18-10-7-11-19-25/h6-23,30H,1-5H3,(H,34,38)(H,35,37)/t30-/m1/s1. The Hall–Kier alpha value is -3.95. The lowest BCUT2D eigenvalue weighted by atomic mass is 9.85. The van der Waals surface area contributed by atoms with Crippen molar-refractivity contribution in [3.05, 3.63) is 115 Å². The van der Waals surface area contributed by atoms with Crippen LogP contribution in [-0.4, -0.2) is 32.0 Å². The molecule has 0 aromatic heterocycles. The minimum atomic E-state index is -0.986. The number of carbonyl (C=O) groups excluding carboxylic acids is 2. The lowest BCUT2D eigenvalue weighted by Gasteiger charge is -2.31. The third-order valence-electron chi connectivity index (χ3n) is 6.47. The molecule has 0 saturated heterocycles. The van der Waals surface area contributed by atoms with Gasteiger partial charge in [-0.25, -0.2) is 0 Å². The van der Waals surface area contributed by atoms with Crippen molar-refractivity contribution in [3.63, 3.8) is 0 Å². The average molecular weight is 538 g/mol. The van der Waals surface area contributed by atoms with Gasteiger partial charge in [0.05, 0.1) is 11.4 Å². The molecule has 4 aromatic carbocycles. The number of hydrogen-bond acceptors (Lipinski definition) is 3. The summed E-state index contributed by atoms with van der Waals surface area (Å²) in [6, 6.07) is 35.2. The number of benzene rings is 4. The van der Waals surface area contributed by atoms with Crippen molar-refractivity contribution in [2.75, 3.05) is 24.3 Å². The Morgan fingerprint density at radius 3 is 1.79 bits per heavy atom. The van der Waals surface area contributed by atoms with Gasteiger partial charge < -0.3 is 15.5 Å². The number of nitrogens with one attached hydrogen (secondary N) is 2. The van der Waals surface area contributed by atoms with Gasteiger partial charge in [0.1, 0.15) is 6.04 Å². The summed E-state index contributed by atoms with van der Waals surface area (Å²) in [4.78, 5) is 29.5. The Balaban J connectivity index is 1.69. The van der Waals surface area contributed by atoms with Crippen LogP contribution in [0.2, 0.25) is 0 Å². The van der Waals surface area contributed by atoms with Crippen LogP contribution in [-0.2, 0) is 4.79 Å². The van der Waals surface area contributed by atoms with E-state index in [-0.39, 0.29) is 11.8 Å². The van der Waals surface area contributed by atoms with E-state index in [1.165, 1.54) is 0 Å². The quantitative estimate of drug-likeness (QED) is 0.300. The molecule has 0 aliphatic rings. The second-order valence-corrected chi connectivity index (χ2v) is 12.9.